The molecule has 5 heteroatoms. The quantitative estimate of drug-likeness (QED) is 0.621. The lowest BCUT2D eigenvalue weighted by atomic mass is 9.95. The molecule has 0 bridgehead atoms. The van der Waals surface area contributed by atoms with E-state index < -0.39 is 0 Å². The van der Waals surface area contributed by atoms with Crippen molar-refractivity contribution < 1.29 is 4.92 Å². The summed E-state index contributed by atoms with van der Waals surface area (Å²) >= 11 is 0. The Morgan fingerprint density at radius 2 is 2.06 bits per heavy atom. The zero-order chi connectivity index (χ0) is 12.8. The molecule has 1 heterocycles. The second-order valence-corrected chi connectivity index (χ2v) is 4.68. The minimum atomic E-state index is -0.340. The molecule has 0 saturated carbocycles. The van der Waals surface area contributed by atoms with E-state index in [2.05, 4.69) is 10.6 Å². The van der Waals surface area contributed by atoms with Gasteiger partial charge in [-0.15, -0.1) is 0 Å². The number of rotatable bonds is 5. The molecule has 1 aromatic carbocycles. The number of nitro groups is 1. The Bertz CT molecular complexity index is 403. The van der Waals surface area contributed by atoms with E-state index in [0.29, 0.717) is 5.69 Å². The minimum Gasteiger partial charge on any atom is -0.379 e. The average Bonchev–Trinajstić information content (AvgIpc) is 2.40. The summed E-state index contributed by atoms with van der Waals surface area (Å²) in [7, 11) is 0. The van der Waals surface area contributed by atoms with Gasteiger partial charge in [0, 0.05) is 12.6 Å². The molecule has 1 aliphatic heterocycles. The second kappa shape index (κ2) is 6.35. The first-order valence-electron chi connectivity index (χ1n) is 6.45. The smallest absolute Gasteiger partial charge is 0.292 e. The van der Waals surface area contributed by atoms with Crippen molar-refractivity contribution in [2.75, 3.05) is 25.0 Å². The van der Waals surface area contributed by atoms with Gasteiger partial charge in [0.1, 0.15) is 5.69 Å². The van der Waals surface area contributed by atoms with E-state index in [4.69, 9.17) is 0 Å². The van der Waals surface area contributed by atoms with E-state index in [1.807, 2.05) is 6.07 Å². The zero-order valence-electron chi connectivity index (χ0n) is 10.4. The molecule has 1 aromatic rings. The number of nitro benzene ring substituents is 1. The predicted octanol–water partition coefficient (Wildman–Crippen LogP) is 2.40. The number of piperidine rings is 1. The Labute approximate surface area is 107 Å². The lowest BCUT2D eigenvalue weighted by Crippen LogP contribution is -2.28. The maximum absolute atomic E-state index is 10.8. The summed E-state index contributed by atoms with van der Waals surface area (Å²) in [6.45, 7) is 2.99. The van der Waals surface area contributed by atoms with Gasteiger partial charge in [-0.3, -0.25) is 10.1 Å². The van der Waals surface area contributed by atoms with E-state index in [1.54, 1.807) is 12.1 Å². The van der Waals surface area contributed by atoms with E-state index in [-0.39, 0.29) is 10.6 Å². The highest BCUT2D eigenvalue weighted by Gasteiger charge is 2.14. The highest BCUT2D eigenvalue weighted by molar-refractivity contribution is 5.60. The van der Waals surface area contributed by atoms with Crippen molar-refractivity contribution in [2.45, 2.75) is 19.3 Å². The van der Waals surface area contributed by atoms with Crippen molar-refractivity contribution in [3.63, 3.8) is 0 Å². The van der Waals surface area contributed by atoms with Crippen molar-refractivity contribution in [1.82, 2.24) is 5.32 Å². The van der Waals surface area contributed by atoms with Crippen LogP contribution in [0.1, 0.15) is 19.3 Å². The number of nitrogens with one attached hydrogen (secondary N) is 2. The van der Waals surface area contributed by atoms with Gasteiger partial charge in [-0.1, -0.05) is 12.1 Å². The first kappa shape index (κ1) is 12.8. The van der Waals surface area contributed by atoms with Crippen molar-refractivity contribution in [1.29, 1.82) is 0 Å². The Balaban J connectivity index is 1.84. The predicted molar refractivity (Wildman–Crippen MR) is 71.8 cm³/mol. The van der Waals surface area contributed by atoms with Crippen LogP contribution >= 0.6 is 0 Å². The summed E-state index contributed by atoms with van der Waals surface area (Å²) in [6.07, 6.45) is 3.49. The SMILES string of the molecule is O=[N+]([O-])c1ccccc1NCCC1CCNCC1. The van der Waals surface area contributed by atoms with Crippen LogP contribution in [-0.4, -0.2) is 24.6 Å². The third-order valence-corrected chi connectivity index (χ3v) is 3.43. The number of nitrogens with zero attached hydrogens (tertiary/aromatic N) is 1. The molecule has 98 valence electrons. The molecule has 0 spiro atoms. The molecule has 1 aliphatic rings. The van der Waals surface area contributed by atoms with Crippen LogP contribution in [-0.2, 0) is 0 Å². The minimum absolute atomic E-state index is 0.155. The monoisotopic (exact) mass is 249 g/mol. The van der Waals surface area contributed by atoms with Crippen LogP contribution in [0.15, 0.2) is 24.3 Å². The Morgan fingerprint density at radius 1 is 1.33 bits per heavy atom. The first-order chi connectivity index (χ1) is 8.77. The number of hydrogen-bond acceptors (Lipinski definition) is 4. The zero-order valence-corrected chi connectivity index (χ0v) is 10.4. The molecule has 0 aromatic heterocycles. The van der Waals surface area contributed by atoms with Gasteiger partial charge in [-0.2, -0.15) is 0 Å². The lowest BCUT2D eigenvalue weighted by Gasteiger charge is -2.22. The molecule has 2 N–H and O–H groups in total. The number of para-hydroxylation sites is 2. The molecular formula is C13H19N3O2. The van der Waals surface area contributed by atoms with Gasteiger partial charge in [-0.25, -0.2) is 0 Å². The van der Waals surface area contributed by atoms with Crippen LogP contribution in [0.5, 0.6) is 0 Å². The van der Waals surface area contributed by atoms with Gasteiger partial charge in [0.2, 0.25) is 0 Å². The van der Waals surface area contributed by atoms with E-state index >= 15 is 0 Å². The molecule has 1 fully saturated rings. The standard InChI is InChI=1S/C13H19N3O2/c17-16(18)13-4-2-1-3-12(13)15-10-7-11-5-8-14-9-6-11/h1-4,11,14-15H,5-10H2. The van der Waals surface area contributed by atoms with Crippen molar-refractivity contribution in [3.8, 4) is 0 Å². The van der Waals surface area contributed by atoms with Crippen molar-refractivity contribution in [2.24, 2.45) is 5.92 Å². The highest BCUT2D eigenvalue weighted by atomic mass is 16.6. The maximum atomic E-state index is 10.8. The van der Waals surface area contributed by atoms with Crippen LogP contribution in [0.2, 0.25) is 0 Å². The summed E-state index contributed by atoms with van der Waals surface area (Å²) in [5.74, 6) is 0.738. The molecule has 18 heavy (non-hydrogen) atoms. The van der Waals surface area contributed by atoms with Gasteiger partial charge < -0.3 is 10.6 Å². The summed E-state index contributed by atoms with van der Waals surface area (Å²) < 4.78 is 0. The molecule has 2 rings (SSSR count). The van der Waals surface area contributed by atoms with E-state index in [9.17, 15) is 10.1 Å². The largest absolute Gasteiger partial charge is 0.379 e. The molecular weight excluding hydrogens is 230 g/mol. The Morgan fingerprint density at radius 3 is 2.78 bits per heavy atom. The first-order valence-corrected chi connectivity index (χ1v) is 6.45. The topological polar surface area (TPSA) is 67.2 Å². The van der Waals surface area contributed by atoms with Gasteiger partial charge in [0.25, 0.3) is 5.69 Å². The summed E-state index contributed by atoms with van der Waals surface area (Å²) in [5, 5.41) is 17.4. The van der Waals surface area contributed by atoms with Crippen LogP contribution in [0.3, 0.4) is 0 Å². The molecule has 1 saturated heterocycles. The highest BCUT2D eigenvalue weighted by Crippen LogP contribution is 2.24. The third-order valence-electron chi connectivity index (χ3n) is 3.43. The number of benzene rings is 1. The van der Waals surface area contributed by atoms with Gasteiger partial charge in [0.15, 0.2) is 0 Å². The normalized spacial score (nSPS) is 16.4. The fourth-order valence-electron chi connectivity index (χ4n) is 2.36. The Hall–Kier alpha value is -1.62. The van der Waals surface area contributed by atoms with Crippen LogP contribution in [0.4, 0.5) is 11.4 Å². The van der Waals surface area contributed by atoms with E-state index in [1.165, 1.54) is 18.9 Å². The van der Waals surface area contributed by atoms with Crippen LogP contribution in [0, 0.1) is 16.0 Å². The molecule has 0 aliphatic carbocycles. The summed E-state index contributed by atoms with van der Waals surface area (Å²) in [5.41, 5.74) is 0.777. The third kappa shape index (κ3) is 3.43. The molecule has 0 amide bonds. The fourth-order valence-corrected chi connectivity index (χ4v) is 2.36. The summed E-state index contributed by atoms with van der Waals surface area (Å²) in [6, 6.07) is 6.81. The van der Waals surface area contributed by atoms with Gasteiger partial charge in [-0.05, 0) is 44.3 Å². The lowest BCUT2D eigenvalue weighted by molar-refractivity contribution is -0.384. The van der Waals surface area contributed by atoms with Gasteiger partial charge in [0.05, 0.1) is 4.92 Å². The Kier molecular flexibility index (Phi) is 4.52. The summed E-state index contributed by atoms with van der Waals surface area (Å²) in [4.78, 5) is 10.5. The number of anilines is 1. The van der Waals surface area contributed by atoms with Crippen molar-refractivity contribution >= 4 is 11.4 Å². The molecule has 0 unspecified atom stereocenters. The maximum Gasteiger partial charge on any atom is 0.292 e. The van der Waals surface area contributed by atoms with E-state index in [0.717, 1.165) is 32.0 Å². The molecule has 0 atom stereocenters. The van der Waals surface area contributed by atoms with Crippen LogP contribution in [0.25, 0.3) is 0 Å². The van der Waals surface area contributed by atoms with Crippen molar-refractivity contribution in [3.05, 3.63) is 34.4 Å². The fraction of sp³-hybridized carbons (Fsp3) is 0.538. The second-order valence-electron chi connectivity index (χ2n) is 4.68. The molecule has 0 radical (unpaired) electrons. The number of hydrogen-bond donors (Lipinski definition) is 2. The van der Waals surface area contributed by atoms with Gasteiger partial charge >= 0.3 is 0 Å². The molecule has 5 nitrogen and oxygen atoms in total. The van der Waals surface area contributed by atoms with Crippen LogP contribution < -0.4 is 10.6 Å². The average molecular weight is 249 g/mol.